The zero-order valence-corrected chi connectivity index (χ0v) is 10.0. The average molecular weight is 213 g/mol. The molecule has 88 valence electrons. The molecule has 0 spiro atoms. The van der Waals surface area contributed by atoms with E-state index < -0.39 is 11.4 Å². The number of hydrogen-bond donors (Lipinski definition) is 2. The summed E-state index contributed by atoms with van der Waals surface area (Å²) in [6.07, 6.45) is 2.78. The minimum Gasteiger partial charge on any atom is -0.481 e. The van der Waals surface area contributed by atoms with Gasteiger partial charge in [-0.05, 0) is 51.1 Å². The van der Waals surface area contributed by atoms with Crippen molar-refractivity contribution in [1.29, 1.82) is 0 Å². The largest absolute Gasteiger partial charge is 0.481 e. The molecule has 0 radical (unpaired) electrons. The van der Waals surface area contributed by atoms with Crippen LogP contribution in [0.4, 0.5) is 0 Å². The lowest BCUT2D eigenvalue weighted by atomic mass is 9.68. The van der Waals surface area contributed by atoms with Crippen molar-refractivity contribution >= 4 is 5.97 Å². The van der Waals surface area contributed by atoms with E-state index in [9.17, 15) is 9.90 Å². The van der Waals surface area contributed by atoms with Crippen molar-refractivity contribution in [2.75, 3.05) is 13.1 Å². The maximum absolute atomic E-state index is 11.4. The van der Waals surface area contributed by atoms with Crippen LogP contribution >= 0.6 is 0 Å². The highest BCUT2D eigenvalue weighted by atomic mass is 16.4. The molecule has 1 rings (SSSR count). The minimum atomic E-state index is -0.622. The lowest BCUT2D eigenvalue weighted by Crippen LogP contribution is -2.42. The number of rotatable bonds is 4. The first-order chi connectivity index (χ1) is 6.97. The molecule has 1 saturated heterocycles. The van der Waals surface area contributed by atoms with E-state index in [1.807, 2.05) is 6.92 Å². The van der Waals surface area contributed by atoms with Gasteiger partial charge in [0.25, 0.3) is 0 Å². The number of carboxylic acids is 1. The van der Waals surface area contributed by atoms with E-state index >= 15 is 0 Å². The van der Waals surface area contributed by atoms with Crippen LogP contribution in [0.1, 0.15) is 40.0 Å². The van der Waals surface area contributed by atoms with E-state index in [2.05, 4.69) is 19.2 Å². The summed E-state index contributed by atoms with van der Waals surface area (Å²) in [5, 5.41) is 12.7. The van der Waals surface area contributed by atoms with Gasteiger partial charge in [0.05, 0.1) is 5.41 Å². The molecular weight excluding hydrogens is 190 g/mol. The molecule has 1 fully saturated rings. The summed E-state index contributed by atoms with van der Waals surface area (Å²) < 4.78 is 0. The molecule has 2 N–H and O–H groups in total. The third-order valence-electron chi connectivity index (χ3n) is 3.56. The van der Waals surface area contributed by atoms with E-state index in [1.165, 1.54) is 0 Å². The maximum Gasteiger partial charge on any atom is 0.309 e. The maximum atomic E-state index is 11.4. The molecule has 0 aromatic heterocycles. The third kappa shape index (κ3) is 2.94. The normalized spacial score (nSPS) is 22.7. The minimum absolute atomic E-state index is 0.332. The Morgan fingerprint density at radius 3 is 2.40 bits per heavy atom. The molecule has 3 nitrogen and oxygen atoms in total. The first kappa shape index (κ1) is 12.5. The smallest absolute Gasteiger partial charge is 0.309 e. The van der Waals surface area contributed by atoms with Gasteiger partial charge >= 0.3 is 5.97 Å². The van der Waals surface area contributed by atoms with Crippen molar-refractivity contribution in [3.63, 3.8) is 0 Å². The molecule has 0 amide bonds. The first-order valence-corrected chi connectivity index (χ1v) is 5.91. The van der Waals surface area contributed by atoms with Gasteiger partial charge in [-0.15, -0.1) is 0 Å². The lowest BCUT2D eigenvalue weighted by Gasteiger charge is -2.37. The number of hydrogen-bond acceptors (Lipinski definition) is 2. The van der Waals surface area contributed by atoms with Crippen molar-refractivity contribution in [3.8, 4) is 0 Å². The van der Waals surface area contributed by atoms with Crippen LogP contribution in [0, 0.1) is 17.3 Å². The van der Waals surface area contributed by atoms with Crippen LogP contribution in [0.15, 0.2) is 0 Å². The fourth-order valence-electron chi connectivity index (χ4n) is 2.74. The van der Waals surface area contributed by atoms with Gasteiger partial charge in [-0.1, -0.05) is 13.8 Å². The SMILES string of the molecule is CC(C)CC(C)(C(=O)O)C1CCNCC1. The summed E-state index contributed by atoms with van der Waals surface area (Å²) >= 11 is 0. The van der Waals surface area contributed by atoms with Crippen molar-refractivity contribution < 1.29 is 9.90 Å². The number of carboxylic acid groups (broad SMARTS) is 1. The first-order valence-electron chi connectivity index (χ1n) is 5.91. The number of piperidine rings is 1. The van der Waals surface area contributed by atoms with Crippen LogP contribution in [-0.2, 0) is 4.79 Å². The highest BCUT2D eigenvalue weighted by molar-refractivity contribution is 5.74. The second kappa shape index (κ2) is 4.97. The van der Waals surface area contributed by atoms with Gasteiger partial charge in [0.2, 0.25) is 0 Å². The van der Waals surface area contributed by atoms with Crippen LogP contribution in [-0.4, -0.2) is 24.2 Å². The Balaban J connectivity index is 2.74. The van der Waals surface area contributed by atoms with Crippen LogP contribution in [0.25, 0.3) is 0 Å². The molecule has 1 aliphatic rings. The van der Waals surface area contributed by atoms with E-state index in [-0.39, 0.29) is 0 Å². The molecule has 0 aliphatic carbocycles. The van der Waals surface area contributed by atoms with Crippen LogP contribution in [0.5, 0.6) is 0 Å². The van der Waals surface area contributed by atoms with Crippen molar-refractivity contribution in [1.82, 2.24) is 5.32 Å². The Morgan fingerprint density at radius 1 is 1.47 bits per heavy atom. The molecule has 1 aliphatic heterocycles. The Hall–Kier alpha value is -0.570. The van der Waals surface area contributed by atoms with Crippen LogP contribution in [0.3, 0.4) is 0 Å². The number of aliphatic carboxylic acids is 1. The molecule has 0 aromatic carbocycles. The number of nitrogens with one attached hydrogen (secondary N) is 1. The molecule has 0 bridgehead atoms. The van der Waals surface area contributed by atoms with Gasteiger partial charge in [-0.3, -0.25) is 4.79 Å². The summed E-state index contributed by atoms with van der Waals surface area (Å²) in [6.45, 7) is 8.05. The molecular formula is C12H23NO2. The van der Waals surface area contributed by atoms with Gasteiger partial charge in [0.1, 0.15) is 0 Å². The second-order valence-corrected chi connectivity index (χ2v) is 5.34. The predicted octanol–water partition coefficient (Wildman–Crippen LogP) is 2.12. The summed E-state index contributed by atoms with van der Waals surface area (Å²) in [6, 6.07) is 0. The lowest BCUT2D eigenvalue weighted by molar-refractivity contribution is -0.153. The Labute approximate surface area is 92.3 Å². The highest BCUT2D eigenvalue weighted by Gasteiger charge is 2.41. The molecule has 1 atom stereocenters. The highest BCUT2D eigenvalue weighted by Crippen LogP contribution is 2.39. The molecule has 15 heavy (non-hydrogen) atoms. The van der Waals surface area contributed by atoms with Gasteiger partial charge in [0, 0.05) is 0 Å². The summed E-state index contributed by atoms with van der Waals surface area (Å²) in [5.41, 5.74) is -0.531. The number of carbonyl (C=O) groups is 1. The Bertz CT molecular complexity index is 222. The van der Waals surface area contributed by atoms with Gasteiger partial charge in [-0.25, -0.2) is 0 Å². The van der Waals surface area contributed by atoms with E-state index in [1.54, 1.807) is 0 Å². The fraction of sp³-hybridized carbons (Fsp3) is 0.917. The standard InChI is InChI=1S/C12H23NO2/c1-9(2)8-12(3,11(14)15)10-4-6-13-7-5-10/h9-10,13H,4-8H2,1-3H3,(H,14,15). The zero-order valence-electron chi connectivity index (χ0n) is 10.0. The van der Waals surface area contributed by atoms with Crippen molar-refractivity contribution in [2.24, 2.45) is 17.3 Å². The Kier molecular flexibility index (Phi) is 4.14. The van der Waals surface area contributed by atoms with E-state index in [0.29, 0.717) is 11.8 Å². The van der Waals surface area contributed by atoms with Crippen LogP contribution < -0.4 is 5.32 Å². The third-order valence-corrected chi connectivity index (χ3v) is 3.56. The molecule has 3 heteroatoms. The molecule has 1 unspecified atom stereocenters. The van der Waals surface area contributed by atoms with Crippen molar-refractivity contribution in [2.45, 2.75) is 40.0 Å². The van der Waals surface area contributed by atoms with Gasteiger partial charge in [0.15, 0.2) is 0 Å². The van der Waals surface area contributed by atoms with Crippen molar-refractivity contribution in [3.05, 3.63) is 0 Å². The zero-order chi connectivity index (χ0) is 11.5. The van der Waals surface area contributed by atoms with Crippen LogP contribution in [0.2, 0.25) is 0 Å². The Morgan fingerprint density at radius 2 is 2.00 bits per heavy atom. The second-order valence-electron chi connectivity index (χ2n) is 5.34. The monoisotopic (exact) mass is 213 g/mol. The molecule has 1 heterocycles. The summed E-state index contributed by atoms with van der Waals surface area (Å²) in [5.74, 6) is 0.155. The summed E-state index contributed by atoms with van der Waals surface area (Å²) in [7, 11) is 0. The quantitative estimate of drug-likeness (QED) is 0.752. The summed E-state index contributed by atoms with van der Waals surface area (Å²) in [4.78, 5) is 11.4. The average Bonchev–Trinajstić information content (AvgIpc) is 2.17. The topological polar surface area (TPSA) is 49.3 Å². The van der Waals surface area contributed by atoms with Gasteiger partial charge < -0.3 is 10.4 Å². The van der Waals surface area contributed by atoms with E-state index in [4.69, 9.17) is 0 Å². The fourth-order valence-corrected chi connectivity index (χ4v) is 2.74. The molecule has 0 saturated carbocycles. The van der Waals surface area contributed by atoms with Gasteiger partial charge in [-0.2, -0.15) is 0 Å². The predicted molar refractivity (Wildman–Crippen MR) is 60.8 cm³/mol. The molecule has 0 aromatic rings. The van der Waals surface area contributed by atoms with E-state index in [0.717, 1.165) is 32.4 Å².